The molecule has 0 radical (unpaired) electrons. The Morgan fingerprint density at radius 2 is 1.78 bits per heavy atom. The van der Waals surface area contributed by atoms with E-state index in [9.17, 15) is 22.4 Å². The molecule has 0 aromatic heterocycles. The fourth-order valence-electron chi connectivity index (χ4n) is 5.09. The smallest absolute Gasteiger partial charge is 0.239 e. The number of likely N-dealkylation sites (tertiary alicyclic amines) is 1. The highest BCUT2D eigenvalue weighted by Gasteiger charge is 2.44. The summed E-state index contributed by atoms with van der Waals surface area (Å²) >= 11 is 0. The molecule has 2 amide bonds. The molecular formula is C26H33FN4O4S. The first-order valence-electron chi connectivity index (χ1n) is 12.2. The maximum Gasteiger partial charge on any atom is 0.239 e. The molecule has 2 N–H and O–H groups in total. The topological polar surface area (TPSA) is 98.8 Å². The van der Waals surface area contributed by atoms with Crippen LogP contribution in [0.5, 0.6) is 0 Å². The van der Waals surface area contributed by atoms with Crippen molar-refractivity contribution < 1.29 is 22.4 Å². The number of fused-ring (bicyclic) bond motifs is 1. The molecule has 2 aliphatic rings. The van der Waals surface area contributed by atoms with Crippen LogP contribution in [-0.4, -0.2) is 74.6 Å². The monoisotopic (exact) mass is 516 g/mol. The summed E-state index contributed by atoms with van der Waals surface area (Å²) in [5.74, 6) is -0.400. The molecule has 2 aliphatic heterocycles. The predicted molar refractivity (Wildman–Crippen MR) is 134 cm³/mol. The number of carbonyl (C=O) groups excluding carboxylic acids is 2. The number of benzene rings is 2. The largest absolute Gasteiger partial charge is 0.353 e. The molecule has 194 valence electrons. The minimum Gasteiger partial charge on any atom is -0.353 e. The van der Waals surface area contributed by atoms with Crippen LogP contribution in [0.2, 0.25) is 0 Å². The van der Waals surface area contributed by atoms with Crippen LogP contribution in [-0.2, 0) is 32.5 Å². The van der Waals surface area contributed by atoms with Crippen LogP contribution in [0.25, 0.3) is 0 Å². The summed E-state index contributed by atoms with van der Waals surface area (Å²) in [7, 11) is -1.23. The number of likely N-dealkylation sites (N-methyl/N-ethyl adjacent to an activating group) is 1. The predicted octanol–water partition coefficient (Wildman–Crippen LogP) is 1.70. The Bertz CT molecular complexity index is 1190. The van der Waals surface area contributed by atoms with E-state index < -0.39 is 9.84 Å². The van der Waals surface area contributed by atoms with E-state index in [2.05, 4.69) is 20.4 Å². The summed E-state index contributed by atoms with van der Waals surface area (Å²) in [4.78, 5) is 30.1. The lowest BCUT2D eigenvalue weighted by atomic mass is 10.0. The molecule has 36 heavy (non-hydrogen) atoms. The SMILES string of the molecule is CN1[C@@H](CCC(=O)NCc2ccc(F)cc2)CNC(=O)[C@@H]2[C@H]1CCN2Cc1ccc(S(C)(=O)=O)cc1. The molecule has 8 nitrogen and oxygen atoms in total. The van der Waals surface area contributed by atoms with Crippen molar-refractivity contribution in [1.29, 1.82) is 0 Å². The second-order valence-corrected chi connectivity index (χ2v) is 11.7. The van der Waals surface area contributed by atoms with Gasteiger partial charge >= 0.3 is 0 Å². The van der Waals surface area contributed by atoms with E-state index in [1.807, 2.05) is 7.05 Å². The van der Waals surface area contributed by atoms with Crippen molar-refractivity contribution in [2.24, 2.45) is 0 Å². The average Bonchev–Trinajstić information content (AvgIpc) is 3.21. The zero-order chi connectivity index (χ0) is 25.9. The lowest BCUT2D eigenvalue weighted by Crippen LogP contribution is -2.49. The van der Waals surface area contributed by atoms with E-state index in [4.69, 9.17) is 0 Å². The van der Waals surface area contributed by atoms with E-state index in [0.717, 1.165) is 24.1 Å². The van der Waals surface area contributed by atoms with Gasteiger partial charge in [-0.2, -0.15) is 0 Å². The highest BCUT2D eigenvalue weighted by molar-refractivity contribution is 7.90. The zero-order valence-corrected chi connectivity index (χ0v) is 21.4. The lowest BCUT2D eigenvalue weighted by molar-refractivity contribution is -0.126. The number of hydrogen-bond acceptors (Lipinski definition) is 6. The third-order valence-electron chi connectivity index (χ3n) is 7.19. The van der Waals surface area contributed by atoms with Crippen LogP contribution in [0.3, 0.4) is 0 Å². The van der Waals surface area contributed by atoms with Crippen LogP contribution in [0, 0.1) is 5.82 Å². The van der Waals surface area contributed by atoms with Gasteiger partial charge in [0, 0.05) is 50.9 Å². The van der Waals surface area contributed by atoms with Crippen LogP contribution in [0.1, 0.15) is 30.4 Å². The molecule has 2 saturated heterocycles. The highest BCUT2D eigenvalue weighted by atomic mass is 32.2. The Hall–Kier alpha value is -2.82. The normalized spacial score (nSPS) is 23.1. The van der Waals surface area contributed by atoms with Crippen molar-refractivity contribution in [2.45, 2.75) is 55.4 Å². The number of sulfone groups is 1. The molecule has 3 atom stereocenters. The van der Waals surface area contributed by atoms with Gasteiger partial charge in [0.25, 0.3) is 0 Å². The third kappa shape index (κ3) is 6.29. The standard InChI is InChI=1S/C26H33FN4O4S/c1-30-21(9-12-24(32)28-15-18-3-7-20(27)8-4-18)16-29-26(33)25-23(30)13-14-31(25)17-19-5-10-22(11-6-19)36(2,34)35/h3-8,10-11,21,23,25H,9,12-17H2,1-2H3,(H,28,32)(H,29,33)/t21-,23+,25-/m0/s1. The molecule has 4 rings (SSSR count). The maximum atomic E-state index is 13.0. The molecule has 0 saturated carbocycles. The van der Waals surface area contributed by atoms with Gasteiger partial charge < -0.3 is 10.6 Å². The van der Waals surface area contributed by atoms with Crippen molar-refractivity contribution in [3.8, 4) is 0 Å². The molecule has 2 aromatic rings. The van der Waals surface area contributed by atoms with Gasteiger partial charge in [0.2, 0.25) is 11.8 Å². The molecule has 10 heteroatoms. The summed E-state index contributed by atoms with van der Waals surface area (Å²) in [5, 5.41) is 5.94. The molecule has 0 bridgehead atoms. The fraction of sp³-hybridized carbons (Fsp3) is 0.462. The first-order chi connectivity index (χ1) is 17.1. The number of halogens is 1. The van der Waals surface area contributed by atoms with Crippen molar-refractivity contribution in [3.05, 3.63) is 65.5 Å². The van der Waals surface area contributed by atoms with Crippen LogP contribution in [0.4, 0.5) is 4.39 Å². The first-order valence-corrected chi connectivity index (χ1v) is 14.0. The molecule has 2 aromatic carbocycles. The van der Waals surface area contributed by atoms with E-state index in [0.29, 0.717) is 32.5 Å². The summed E-state index contributed by atoms with van der Waals surface area (Å²) in [5.41, 5.74) is 1.79. The minimum atomic E-state index is -3.25. The first kappa shape index (κ1) is 26.2. The zero-order valence-electron chi connectivity index (χ0n) is 20.6. The number of carbonyl (C=O) groups is 2. The number of hydrogen-bond donors (Lipinski definition) is 2. The molecule has 2 heterocycles. The number of amides is 2. The van der Waals surface area contributed by atoms with Crippen LogP contribution in [0.15, 0.2) is 53.4 Å². The van der Waals surface area contributed by atoms with Crippen molar-refractivity contribution in [2.75, 3.05) is 26.4 Å². The second kappa shape index (κ2) is 11.1. The summed E-state index contributed by atoms with van der Waals surface area (Å²) in [6.45, 7) is 2.14. The summed E-state index contributed by atoms with van der Waals surface area (Å²) in [6, 6.07) is 12.6. The van der Waals surface area contributed by atoms with Crippen molar-refractivity contribution >= 4 is 21.7 Å². The van der Waals surface area contributed by atoms with E-state index >= 15 is 0 Å². The number of nitrogens with one attached hydrogen (secondary N) is 2. The van der Waals surface area contributed by atoms with E-state index in [-0.39, 0.29) is 40.7 Å². The third-order valence-corrected chi connectivity index (χ3v) is 8.32. The van der Waals surface area contributed by atoms with Crippen molar-refractivity contribution in [3.63, 3.8) is 0 Å². The van der Waals surface area contributed by atoms with Gasteiger partial charge in [0.1, 0.15) is 11.9 Å². The fourth-order valence-corrected chi connectivity index (χ4v) is 5.72. The summed E-state index contributed by atoms with van der Waals surface area (Å²) < 4.78 is 36.5. The Labute approximate surface area is 211 Å². The van der Waals surface area contributed by atoms with Gasteiger partial charge in [-0.25, -0.2) is 12.8 Å². The Morgan fingerprint density at radius 3 is 2.44 bits per heavy atom. The molecule has 0 aliphatic carbocycles. The van der Waals surface area contributed by atoms with Gasteiger partial charge in [-0.05, 0) is 55.3 Å². The maximum absolute atomic E-state index is 13.0. The van der Waals surface area contributed by atoms with Gasteiger partial charge in [-0.3, -0.25) is 19.4 Å². The van der Waals surface area contributed by atoms with Gasteiger partial charge in [-0.1, -0.05) is 24.3 Å². The number of nitrogens with zero attached hydrogens (tertiary/aromatic N) is 2. The van der Waals surface area contributed by atoms with Gasteiger partial charge in [-0.15, -0.1) is 0 Å². The van der Waals surface area contributed by atoms with Crippen LogP contribution < -0.4 is 10.6 Å². The number of rotatable bonds is 8. The lowest BCUT2D eigenvalue weighted by Gasteiger charge is -2.33. The van der Waals surface area contributed by atoms with E-state index in [1.165, 1.54) is 18.4 Å². The van der Waals surface area contributed by atoms with Crippen LogP contribution >= 0.6 is 0 Å². The van der Waals surface area contributed by atoms with E-state index in [1.54, 1.807) is 36.4 Å². The quantitative estimate of drug-likeness (QED) is 0.554. The second-order valence-electron chi connectivity index (χ2n) is 9.69. The molecule has 0 unspecified atom stereocenters. The highest BCUT2D eigenvalue weighted by Crippen LogP contribution is 2.28. The van der Waals surface area contributed by atoms with Gasteiger partial charge in [0.15, 0.2) is 9.84 Å². The average molecular weight is 517 g/mol. The van der Waals surface area contributed by atoms with Crippen molar-refractivity contribution in [1.82, 2.24) is 20.4 Å². The Kier molecular flexibility index (Phi) is 8.07. The Morgan fingerprint density at radius 1 is 1.11 bits per heavy atom. The minimum absolute atomic E-state index is 0.0135. The summed E-state index contributed by atoms with van der Waals surface area (Å²) in [6.07, 6.45) is 2.97. The molecule has 0 spiro atoms. The molecular weight excluding hydrogens is 483 g/mol. The Balaban J connectivity index is 1.32. The molecule has 2 fully saturated rings. The van der Waals surface area contributed by atoms with Gasteiger partial charge in [0.05, 0.1) is 4.90 Å².